The van der Waals surface area contributed by atoms with E-state index in [1.807, 2.05) is 0 Å². The Kier molecular flexibility index (Phi) is 4.56. The van der Waals surface area contributed by atoms with Crippen LogP contribution in [0.5, 0.6) is 0 Å². The minimum Gasteiger partial charge on any atom is -0.418 e. The lowest BCUT2D eigenvalue weighted by Crippen LogP contribution is -2.49. The van der Waals surface area contributed by atoms with Crippen molar-refractivity contribution in [2.24, 2.45) is 53.3 Å². The molecule has 0 spiro atoms. The smallest absolute Gasteiger partial charge is 0.183 e. The van der Waals surface area contributed by atoms with Gasteiger partial charge < -0.3 is 9.53 Å². The fraction of sp³-hybridized carbons (Fsp3) is 0.885. The molecule has 166 valence electrons. The summed E-state index contributed by atoms with van der Waals surface area (Å²) in [5.74, 6) is 6.59. The highest BCUT2D eigenvalue weighted by Gasteiger charge is 2.73. The van der Waals surface area contributed by atoms with E-state index in [4.69, 9.17) is 4.43 Å². The SMILES string of the molecule is C[Si](C)(C)OCCCC1(O)C2CC2C2C3C(CCC21)C1CCCC(C=O)=C1C1CC13. The number of hydrogen-bond acceptors (Lipinski definition) is 3. The normalized spacial score (nSPS) is 50.7. The molecule has 4 heteroatoms. The minimum absolute atomic E-state index is 0.413. The van der Waals surface area contributed by atoms with Gasteiger partial charge in [0.05, 0.1) is 5.60 Å². The predicted molar refractivity (Wildman–Crippen MR) is 120 cm³/mol. The van der Waals surface area contributed by atoms with Crippen LogP contribution in [0, 0.1) is 53.3 Å². The van der Waals surface area contributed by atoms with Crippen molar-refractivity contribution in [2.45, 2.75) is 83.0 Å². The van der Waals surface area contributed by atoms with E-state index >= 15 is 0 Å². The number of fused-ring (bicyclic) bond motifs is 10. The first-order valence-corrected chi connectivity index (χ1v) is 16.3. The summed E-state index contributed by atoms with van der Waals surface area (Å²) >= 11 is 0. The molecule has 5 fully saturated rings. The summed E-state index contributed by atoms with van der Waals surface area (Å²) in [7, 11) is -1.46. The van der Waals surface area contributed by atoms with Gasteiger partial charge >= 0.3 is 0 Å². The van der Waals surface area contributed by atoms with Crippen molar-refractivity contribution in [3.05, 3.63) is 11.1 Å². The van der Waals surface area contributed by atoms with E-state index in [0.717, 1.165) is 61.4 Å². The van der Waals surface area contributed by atoms with Gasteiger partial charge in [-0.2, -0.15) is 0 Å². The third-order valence-electron chi connectivity index (χ3n) is 10.2. The fourth-order valence-electron chi connectivity index (χ4n) is 9.28. The first-order valence-electron chi connectivity index (χ1n) is 12.9. The third kappa shape index (κ3) is 2.92. The summed E-state index contributed by atoms with van der Waals surface area (Å²) in [5, 5.41) is 11.9. The van der Waals surface area contributed by atoms with E-state index in [0.29, 0.717) is 17.8 Å². The molecule has 0 aliphatic heterocycles. The molecular formula is C26H40O3Si. The maximum Gasteiger partial charge on any atom is 0.183 e. The maximum atomic E-state index is 11.9. The third-order valence-corrected chi connectivity index (χ3v) is 11.3. The second-order valence-corrected chi connectivity index (χ2v) is 17.2. The van der Waals surface area contributed by atoms with E-state index in [1.54, 1.807) is 5.57 Å². The van der Waals surface area contributed by atoms with Crippen molar-refractivity contribution >= 4 is 14.6 Å². The van der Waals surface area contributed by atoms with Crippen LogP contribution >= 0.6 is 0 Å². The average Bonchev–Trinajstić information content (AvgIpc) is 3.62. The van der Waals surface area contributed by atoms with Crippen molar-refractivity contribution in [2.75, 3.05) is 6.61 Å². The lowest BCUT2D eigenvalue weighted by atomic mass is 9.53. The molecule has 10 atom stereocenters. The first-order chi connectivity index (χ1) is 14.3. The number of carbonyl (C=O) groups is 1. The largest absolute Gasteiger partial charge is 0.418 e. The van der Waals surface area contributed by atoms with Gasteiger partial charge in [0.1, 0.15) is 6.29 Å². The molecule has 3 nitrogen and oxygen atoms in total. The topological polar surface area (TPSA) is 46.5 Å². The van der Waals surface area contributed by atoms with Crippen LogP contribution in [0.1, 0.15) is 57.8 Å². The molecule has 0 bridgehead atoms. The predicted octanol–water partition coefficient (Wildman–Crippen LogP) is 5.20. The van der Waals surface area contributed by atoms with E-state index < -0.39 is 13.9 Å². The zero-order valence-corrected chi connectivity index (χ0v) is 20.1. The zero-order valence-electron chi connectivity index (χ0n) is 19.1. The highest BCUT2D eigenvalue weighted by molar-refractivity contribution is 6.69. The highest BCUT2D eigenvalue weighted by atomic mass is 28.4. The average molecular weight is 429 g/mol. The molecule has 30 heavy (non-hydrogen) atoms. The van der Waals surface area contributed by atoms with Gasteiger partial charge in [0, 0.05) is 6.61 Å². The van der Waals surface area contributed by atoms with Crippen LogP contribution in [0.3, 0.4) is 0 Å². The number of aldehydes is 1. The summed E-state index contributed by atoms with van der Waals surface area (Å²) in [6.07, 6.45) is 11.9. The van der Waals surface area contributed by atoms with E-state index in [1.165, 1.54) is 50.4 Å². The number of carbonyl (C=O) groups excluding carboxylic acids is 1. The van der Waals surface area contributed by atoms with Gasteiger partial charge in [0.2, 0.25) is 0 Å². The van der Waals surface area contributed by atoms with Crippen LogP contribution in [0.15, 0.2) is 11.1 Å². The van der Waals surface area contributed by atoms with E-state index in [9.17, 15) is 9.90 Å². The van der Waals surface area contributed by atoms with Gasteiger partial charge in [0.25, 0.3) is 0 Å². The quantitative estimate of drug-likeness (QED) is 0.359. The molecule has 1 N–H and O–H groups in total. The molecule has 0 aromatic rings. The lowest BCUT2D eigenvalue weighted by Gasteiger charge is -2.52. The Morgan fingerprint density at radius 1 is 1.03 bits per heavy atom. The molecule has 6 rings (SSSR count). The second-order valence-electron chi connectivity index (χ2n) is 12.7. The summed E-state index contributed by atoms with van der Waals surface area (Å²) in [6.45, 7) is 7.59. The van der Waals surface area contributed by atoms with Gasteiger partial charge in [-0.1, -0.05) is 5.57 Å². The molecule has 6 aliphatic rings. The van der Waals surface area contributed by atoms with Crippen molar-refractivity contribution in [1.29, 1.82) is 0 Å². The van der Waals surface area contributed by atoms with Crippen molar-refractivity contribution < 1.29 is 14.3 Å². The van der Waals surface area contributed by atoms with Gasteiger partial charge in [-0.05, 0) is 136 Å². The Morgan fingerprint density at radius 3 is 2.63 bits per heavy atom. The van der Waals surface area contributed by atoms with Gasteiger partial charge in [-0.25, -0.2) is 0 Å². The molecule has 0 heterocycles. The highest BCUT2D eigenvalue weighted by Crippen LogP contribution is 2.76. The molecule has 0 aromatic heterocycles. The molecule has 0 saturated heterocycles. The van der Waals surface area contributed by atoms with Crippen LogP contribution in [0.4, 0.5) is 0 Å². The molecule has 0 aromatic carbocycles. The summed E-state index contributed by atoms with van der Waals surface area (Å²) in [5.41, 5.74) is 2.39. The monoisotopic (exact) mass is 428 g/mol. The van der Waals surface area contributed by atoms with Crippen molar-refractivity contribution in [1.82, 2.24) is 0 Å². The van der Waals surface area contributed by atoms with Crippen LogP contribution < -0.4 is 0 Å². The van der Waals surface area contributed by atoms with E-state index in [-0.39, 0.29) is 0 Å². The van der Waals surface area contributed by atoms with Crippen molar-refractivity contribution in [3.63, 3.8) is 0 Å². The van der Waals surface area contributed by atoms with Gasteiger partial charge in [-0.3, -0.25) is 4.79 Å². The number of rotatable bonds is 6. The molecule has 10 unspecified atom stereocenters. The summed E-state index contributed by atoms with van der Waals surface area (Å²) in [4.78, 5) is 11.8. The molecule has 0 amide bonds. The summed E-state index contributed by atoms with van der Waals surface area (Å²) < 4.78 is 6.10. The Bertz CT molecular complexity index is 769. The van der Waals surface area contributed by atoms with Crippen molar-refractivity contribution in [3.8, 4) is 0 Å². The van der Waals surface area contributed by atoms with Gasteiger partial charge in [0.15, 0.2) is 8.32 Å². The molecule has 6 aliphatic carbocycles. The fourth-order valence-corrected chi connectivity index (χ4v) is 10.0. The molecule has 5 saturated carbocycles. The lowest BCUT2D eigenvalue weighted by molar-refractivity contribution is -0.105. The number of aliphatic hydroxyl groups is 1. The van der Waals surface area contributed by atoms with Gasteiger partial charge in [-0.15, -0.1) is 0 Å². The zero-order chi connectivity index (χ0) is 20.8. The Morgan fingerprint density at radius 2 is 1.87 bits per heavy atom. The minimum atomic E-state index is -1.46. The number of hydrogen-bond donors (Lipinski definition) is 1. The summed E-state index contributed by atoms with van der Waals surface area (Å²) in [6, 6.07) is 0. The van der Waals surface area contributed by atoms with Crippen LogP contribution in [-0.2, 0) is 9.22 Å². The van der Waals surface area contributed by atoms with E-state index in [2.05, 4.69) is 19.6 Å². The number of allylic oxidation sites excluding steroid dienone is 2. The molecule has 0 radical (unpaired) electrons. The molecular weight excluding hydrogens is 388 g/mol. The standard InChI is InChI=1S/C26H40O3Si/c1-30(2,3)29-11-5-10-26(28)21-9-8-17-16-7-4-6-15(14-27)23(16)18-12-19(18)24(17)25(21)20-13-22(20)26/h14,16-22,24-25,28H,4-13H2,1-3H3. The van der Waals surface area contributed by atoms with Crippen LogP contribution in [0.25, 0.3) is 0 Å². The first kappa shape index (κ1) is 20.2. The Hall–Kier alpha value is -0.453. The Labute approximate surface area is 183 Å². The maximum absolute atomic E-state index is 11.9. The Balaban J connectivity index is 1.21. The second kappa shape index (κ2) is 6.77. The van der Waals surface area contributed by atoms with Crippen LogP contribution in [-0.4, -0.2) is 31.9 Å². The van der Waals surface area contributed by atoms with Crippen LogP contribution in [0.2, 0.25) is 19.6 Å².